The number of nitrogens with zero attached hydrogens (tertiary/aromatic N) is 3. The van der Waals surface area contributed by atoms with Crippen LogP contribution < -0.4 is 5.76 Å². The van der Waals surface area contributed by atoms with Crippen molar-refractivity contribution in [2.45, 2.75) is 30.5 Å². The van der Waals surface area contributed by atoms with Gasteiger partial charge in [-0.2, -0.15) is 4.68 Å². The van der Waals surface area contributed by atoms with Crippen LogP contribution in [0.15, 0.2) is 38.3 Å². The molecule has 0 amide bonds. The predicted molar refractivity (Wildman–Crippen MR) is 99.9 cm³/mol. The summed E-state index contributed by atoms with van der Waals surface area (Å²) in [6, 6.07) is 3.57. The fraction of sp³-hybridized carbons (Fsp3) is 0.312. The fourth-order valence-corrected chi connectivity index (χ4v) is 4.16. The molecule has 3 rings (SSSR count). The van der Waals surface area contributed by atoms with Crippen molar-refractivity contribution in [3.05, 3.63) is 46.3 Å². The standard InChI is InChI=1S/C16H16ClN3O2S2/c1-5-6-23-14-18-10-8-11(9(17)7-12(10)24-14)20-15(21)22-13(19-20)16(2,3)4/h5,7-8H,1,6H2,2-4H3. The van der Waals surface area contributed by atoms with Crippen LogP contribution in [0, 0.1) is 0 Å². The van der Waals surface area contributed by atoms with Crippen LogP contribution >= 0.6 is 34.7 Å². The number of thioether (sulfide) groups is 1. The van der Waals surface area contributed by atoms with Crippen molar-refractivity contribution in [2.24, 2.45) is 0 Å². The Balaban J connectivity index is 2.09. The number of halogens is 1. The summed E-state index contributed by atoms with van der Waals surface area (Å²) in [5.41, 5.74) is 0.882. The van der Waals surface area contributed by atoms with Gasteiger partial charge in [0.15, 0.2) is 4.34 Å². The molecule has 1 aromatic carbocycles. The summed E-state index contributed by atoms with van der Waals surface area (Å²) in [4.78, 5) is 16.7. The molecule has 126 valence electrons. The quantitative estimate of drug-likeness (QED) is 0.485. The molecule has 8 heteroatoms. The van der Waals surface area contributed by atoms with Gasteiger partial charge in [0.1, 0.15) is 0 Å². The van der Waals surface area contributed by atoms with Gasteiger partial charge in [-0.05, 0) is 12.1 Å². The highest BCUT2D eigenvalue weighted by Crippen LogP contribution is 2.34. The fourth-order valence-electron chi connectivity index (χ4n) is 2.00. The Morgan fingerprint density at radius 3 is 2.83 bits per heavy atom. The average Bonchev–Trinajstić information content (AvgIpc) is 3.06. The highest BCUT2D eigenvalue weighted by molar-refractivity contribution is 8.01. The van der Waals surface area contributed by atoms with E-state index < -0.39 is 5.76 Å². The molecule has 0 spiro atoms. The Bertz CT molecular complexity index is 966. The van der Waals surface area contributed by atoms with Gasteiger partial charge in [-0.1, -0.05) is 50.2 Å². The third-order valence-corrected chi connectivity index (χ3v) is 5.64. The topological polar surface area (TPSA) is 60.9 Å². The third-order valence-electron chi connectivity index (χ3n) is 3.18. The van der Waals surface area contributed by atoms with Crippen LogP contribution in [0.4, 0.5) is 0 Å². The lowest BCUT2D eigenvalue weighted by Gasteiger charge is -2.11. The minimum absolute atomic E-state index is 0.365. The molecule has 0 saturated carbocycles. The Labute approximate surface area is 152 Å². The van der Waals surface area contributed by atoms with E-state index in [2.05, 4.69) is 16.7 Å². The zero-order valence-corrected chi connectivity index (χ0v) is 15.9. The SMILES string of the molecule is C=CCSc1nc2cc(-n3nc(C(C)(C)C)oc3=O)c(Cl)cc2s1. The lowest BCUT2D eigenvalue weighted by molar-refractivity contribution is 0.375. The van der Waals surface area contributed by atoms with Crippen molar-refractivity contribution in [3.63, 3.8) is 0 Å². The second kappa shape index (κ2) is 6.38. The average molecular weight is 382 g/mol. The van der Waals surface area contributed by atoms with Crippen LogP contribution in [0.1, 0.15) is 26.7 Å². The van der Waals surface area contributed by atoms with Gasteiger partial charge < -0.3 is 4.42 Å². The first kappa shape index (κ1) is 17.3. The van der Waals surface area contributed by atoms with E-state index in [9.17, 15) is 4.79 Å². The molecule has 0 N–H and O–H groups in total. The van der Waals surface area contributed by atoms with Crippen molar-refractivity contribution in [3.8, 4) is 5.69 Å². The first-order chi connectivity index (χ1) is 11.3. The van der Waals surface area contributed by atoms with Gasteiger partial charge in [-0.25, -0.2) is 9.78 Å². The zero-order valence-electron chi connectivity index (χ0n) is 13.5. The Morgan fingerprint density at radius 1 is 1.46 bits per heavy atom. The third kappa shape index (κ3) is 3.29. The number of thiazole rings is 1. The van der Waals surface area contributed by atoms with Gasteiger partial charge in [0, 0.05) is 11.2 Å². The molecule has 0 saturated heterocycles. The van der Waals surface area contributed by atoms with Crippen molar-refractivity contribution < 1.29 is 4.42 Å². The van der Waals surface area contributed by atoms with E-state index in [-0.39, 0.29) is 5.41 Å². The van der Waals surface area contributed by atoms with Crippen molar-refractivity contribution in [1.82, 2.24) is 14.8 Å². The number of hydrogen-bond donors (Lipinski definition) is 0. The first-order valence-electron chi connectivity index (χ1n) is 7.24. The molecule has 0 unspecified atom stereocenters. The van der Waals surface area contributed by atoms with Gasteiger partial charge in [-0.3, -0.25) is 0 Å². The summed E-state index contributed by atoms with van der Waals surface area (Å²) >= 11 is 9.53. The molecule has 0 fully saturated rings. The molecule has 0 aliphatic heterocycles. The second-order valence-corrected chi connectivity index (χ2v) is 8.89. The lowest BCUT2D eigenvalue weighted by Crippen LogP contribution is -2.14. The van der Waals surface area contributed by atoms with E-state index in [1.54, 1.807) is 35.2 Å². The van der Waals surface area contributed by atoms with Gasteiger partial charge in [0.2, 0.25) is 5.89 Å². The Kier molecular flexibility index (Phi) is 4.59. The Morgan fingerprint density at radius 2 is 2.21 bits per heavy atom. The zero-order chi connectivity index (χ0) is 17.5. The molecule has 0 atom stereocenters. The van der Waals surface area contributed by atoms with E-state index in [4.69, 9.17) is 16.0 Å². The number of fused-ring (bicyclic) bond motifs is 1. The molecule has 0 aliphatic carbocycles. The highest BCUT2D eigenvalue weighted by Gasteiger charge is 2.24. The summed E-state index contributed by atoms with van der Waals surface area (Å²) in [7, 11) is 0. The largest absolute Gasteiger partial charge is 0.442 e. The van der Waals surface area contributed by atoms with Crippen LogP contribution in [-0.2, 0) is 5.41 Å². The normalized spacial score (nSPS) is 12.0. The van der Waals surface area contributed by atoms with Crippen LogP contribution in [0.25, 0.3) is 15.9 Å². The summed E-state index contributed by atoms with van der Waals surface area (Å²) in [6.45, 7) is 9.49. The molecule has 2 heterocycles. The molecule has 0 radical (unpaired) electrons. The van der Waals surface area contributed by atoms with Crippen molar-refractivity contribution >= 4 is 44.9 Å². The second-order valence-electron chi connectivity index (χ2n) is 6.19. The summed E-state index contributed by atoms with van der Waals surface area (Å²) < 4.78 is 8.35. The maximum atomic E-state index is 12.2. The van der Waals surface area contributed by atoms with E-state index >= 15 is 0 Å². The number of aromatic nitrogens is 3. The van der Waals surface area contributed by atoms with Gasteiger partial charge >= 0.3 is 5.76 Å². The molecular weight excluding hydrogens is 366 g/mol. The maximum absolute atomic E-state index is 12.2. The molecule has 3 aromatic rings. The van der Waals surface area contributed by atoms with Gasteiger partial charge in [-0.15, -0.1) is 23.0 Å². The smallest absolute Gasteiger partial charge is 0.391 e. The summed E-state index contributed by atoms with van der Waals surface area (Å²) in [5.74, 6) is 0.597. The van der Waals surface area contributed by atoms with Gasteiger partial charge in [0.05, 0.1) is 20.9 Å². The van der Waals surface area contributed by atoms with Crippen molar-refractivity contribution in [2.75, 3.05) is 5.75 Å². The Hall–Kier alpha value is -1.57. The number of hydrogen-bond acceptors (Lipinski definition) is 6. The number of rotatable bonds is 4. The molecular formula is C16H16ClN3O2S2. The lowest BCUT2D eigenvalue weighted by atomic mass is 9.97. The monoisotopic (exact) mass is 381 g/mol. The number of benzene rings is 1. The minimum Gasteiger partial charge on any atom is -0.391 e. The van der Waals surface area contributed by atoms with Crippen molar-refractivity contribution in [1.29, 1.82) is 0 Å². The molecule has 24 heavy (non-hydrogen) atoms. The van der Waals surface area contributed by atoms with Crippen LogP contribution in [0.5, 0.6) is 0 Å². The summed E-state index contributed by atoms with van der Waals surface area (Å²) in [6.07, 6.45) is 1.83. The van der Waals surface area contributed by atoms with E-state index in [0.717, 1.165) is 20.3 Å². The van der Waals surface area contributed by atoms with Gasteiger partial charge in [0.25, 0.3) is 0 Å². The van der Waals surface area contributed by atoms with Crippen LogP contribution in [0.2, 0.25) is 5.02 Å². The maximum Gasteiger partial charge on any atom is 0.442 e. The molecule has 2 aromatic heterocycles. The van der Waals surface area contributed by atoms with E-state index in [1.165, 1.54) is 4.68 Å². The highest BCUT2D eigenvalue weighted by atomic mass is 35.5. The summed E-state index contributed by atoms with van der Waals surface area (Å²) in [5, 5.41) is 4.72. The molecule has 0 aliphatic rings. The first-order valence-corrected chi connectivity index (χ1v) is 9.42. The van der Waals surface area contributed by atoms with Crippen LogP contribution in [0.3, 0.4) is 0 Å². The minimum atomic E-state index is -0.558. The van der Waals surface area contributed by atoms with E-state index in [0.29, 0.717) is 16.6 Å². The molecule has 0 bridgehead atoms. The molecule has 5 nitrogen and oxygen atoms in total. The van der Waals surface area contributed by atoms with Crippen LogP contribution in [-0.4, -0.2) is 20.5 Å². The van der Waals surface area contributed by atoms with E-state index in [1.807, 2.05) is 26.8 Å². The predicted octanol–water partition coefficient (Wildman–Crippen LogP) is 4.66.